The first kappa shape index (κ1) is 22.0. The van der Waals surface area contributed by atoms with Gasteiger partial charge in [-0.25, -0.2) is 4.39 Å². The van der Waals surface area contributed by atoms with Crippen LogP contribution in [0.2, 0.25) is 10.0 Å². The number of carbonyl (C=O) groups excluding carboxylic acids is 3. The maximum atomic E-state index is 13.5. The number of halogens is 3. The number of fused-ring (bicyclic) bond motifs is 2. The third-order valence-electron chi connectivity index (χ3n) is 6.39. The highest BCUT2D eigenvalue weighted by Crippen LogP contribution is 2.78. The molecule has 0 aromatic heterocycles. The van der Waals surface area contributed by atoms with E-state index in [0.29, 0.717) is 29.2 Å². The Labute approximate surface area is 198 Å². The van der Waals surface area contributed by atoms with Crippen LogP contribution in [0.4, 0.5) is 4.39 Å². The van der Waals surface area contributed by atoms with Crippen LogP contribution in [0.5, 0.6) is 11.5 Å². The van der Waals surface area contributed by atoms with Gasteiger partial charge in [0.15, 0.2) is 12.4 Å². The number of amides is 2. The van der Waals surface area contributed by atoms with E-state index in [1.54, 1.807) is 18.2 Å². The van der Waals surface area contributed by atoms with E-state index in [2.05, 4.69) is 10.6 Å². The van der Waals surface area contributed by atoms with Gasteiger partial charge in [0, 0.05) is 17.5 Å². The van der Waals surface area contributed by atoms with Crippen molar-refractivity contribution in [1.82, 2.24) is 10.6 Å². The van der Waals surface area contributed by atoms with Crippen LogP contribution in [0, 0.1) is 11.2 Å². The van der Waals surface area contributed by atoms with E-state index in [1.807, 2.05) is 0 Å². The van der Waals surface area contributed by atoms with Gasteiger partial charge >= 0.3 is 0 Å². The first-order chi connectivity index (χ1) is 15.7. The molecule has 3 aliphatic rings. The molecule has 2 N–H and O–H groups in total. The molecule has 0 bridgehead atoms. The molecule has 5 rings (SSSR count). The third kappa shape index (κ3) is 4.02. The molecule has 0 radical (unpaired) electrons. The SMILES string of the molecule is O=C(COc1ccc(Cl)c(F)c1)NC12CC1(C(=O)NCC1CC(=O)c3cc(Cl)ccc3O1)C2. The maximum Gasteiger partial charge on any atom is 0.258 e. The van der Waals surface area contributed by atoms with Crippen molar-refractivity contribution in [3.05, 3.63) is 57.8 Å². The quantitative estimate of drug-likeness (QED) is 0.618. The van der Waals surface area contributed by atoms with Gasteiger partial charge in [0.05, 0.1) is 28.1 Å². The third-order valence-corrected chi connectivity index (χ3v) is 6.93. The van der Waals surface area contributed by atoms with Gasteiger partial charge in [0.25, 0.3) is 5.91 Å². The Morgan fingerprint density at radius 3 is 2.73 bits per heavy atom. The van der Waals surface area contributed by atoms with Crippen LogP contribution in [0.15, 0.2) is 36.4 Å². The fourth-order valence-corrected chi connectivity index (χ4v) is 4.63. The first-order valence-electron chi connectivity index (χ1n) is 10.4. The van der Waals surface area contributed by atoms with Crippen molar-refractivity contribution in [1.29, 1.82) is 0 Å². The highest BCUT2D eigenvalue weighted by molar-refractivity contribution is 6.31. The molecule has 2 aromatic carbocycles. The first-order valence-corrected chi connectivity index (χ1v) is 11.1. The molecule has 7 nitrogen and oxygen atoms in total. The number of ether oxygens (including phenoxy) is 2. The van der Waals surface area contributed by atoms with Crippen molar-refractivity contribution < 1.29 is 28.2 Å². The number of Topliss-reactive ketones (excluding diaryl/α,β-unsaturated/α-hetero) is 1. The Balaban J connectivity index is 1.09. The van der Waals surface area contributed by atoms with Crippen LogP contribution in [0.25, 0.3) is 0 Å². The highest BCUT2D eigenvalue weighted by Gasteiger charge is 2.88. The predicted molar refractivity (Wildman–Crippen MR) is 117 cm³/mol. The van der Waals surface area contributed by atoms with E-state index in [1.165, 1.54) is 12.1 Å². The molecule has 1 heterocycles. The molecule has 1 unspecified atom stereocenters. The summed E-state index contributed by atoms with van der Waals surface area (Å²) in [5.74, 6) is -0.657. The Morgan fingerprint density at radius 1 is 1.18 bits per heavy atom. The zero-order valence-electron chi connectivity index (χ0n) is 17.3. The fourth-order valence-electron chi connectivity index (χ4n) is 4.34. The van der Waals surface area contributed by atoms with Crippen LogP contribution in [-0.4, -0.2) is 42.4 Å². The average molecular weight is 493 g/mol. The minimum atomic E-state index is -0.635. The van der Waals surface area contributed by atoms with E-state index in [-0.39, 0.29) is 42.0 Å². The Kier molecular flexibility index (Phi) is 5.25. The zero-order valence-corrected chi connectivity index (χ0v) is 18.8. The molecule has 2 aliphatic carbocycles. The number of ketones is 1. The molecule has 2 aromatic rings. The molecular formula is C23H19Cl2FN2O5. The second kappa shape index (κ2) is 7.88. The van der Waals surface area contributed by atoms with Gasteiger partial charge in [-0.1, -0.05) is 23.2 Å². The van der Waals surface area contributed by atoms with Gasteiger partial charge < -0.3 is 20.1 Å². The van der Waals surface area contributed by atoms with Crippen molar-refractivity contribution in [2.75, 3.05) is 13.2 Å². The highest BCUT2D eigenvalue weighted by atomic mass is 35.5. The molecule has 10 heteroatoms. The fraction of sp³-hybridized carbons (Fsp3) is 0.348. The van der Waals surface area contributed by atoms with Crippen molar-refractivity contribution in [3.63, 3.8) is 0 Å². The van der Waals surface area contributed by atoms with Crippen molar-refractivity contribution >= 4 is 40.8 Å². The molecule has 2 saturated carbocycles. The van der Waals surface area contributed by atoms with E-state index >= 15 is 0 Å². The topological polar surface area (TPSA) is 93.7 Å². The lowest BCUT2D eigenvalue weighted by Gasteiger charge is -2.25. The summed E-state index contributed by atoms with van der Waals surface area (Å²) in [4.78, 5) is 37.3. The van der Waals surface area contributed by atoms with Gasteiger partial charge in [-0.3, -0.25) is 14.4 Å². The van der Waals surface area contributed by atoms with E-state index in [9.17, 15) is 18.8 Å². The maximum absolute atomic E-state index is 13.5. The molecule has 0 spiro atoms. The van der Waals surface area contributed by atoms with Crippen molar-refractivity contribution in [3.8, 4) is 11.5 Å². The molecule has 1 aliphatic heterocycles. The Bertz CT molecular complexity index is 1180. The minimum Gasteiger partial charge on any atom is -0.487 e. The molecule has 2 amide bonds. The lowest BCUT2D eigenvalue weighted by atomic mass is 10.0. The normalized spacial score (nSPS) is 26.4. The number of hydrogen-bond acceptors (Lipinski definition) is 5. The number of rotatable bonds is 7. The summed E-state index contributed by atoms with van der Waals surface area (Å²) in [6.45, 7) is -0.119. The average Bonchev–Trinajstić information content (AvgIpc) is 3.60. The van der Waals surface area contributed by atoms with E-state index in [4.69, 9.17) is 32.7 Å². The largest absolute Gasteiger partial charge is 0.487 e. The summed E-state index contributed by atoms with van der Waals surface area (Å²) in [5.41, 5.74) is -0.743. The van der Waals surface area contributed by atoms with Crippen LogP contribution in [-0.2, 0) is 9.59 Å². The second-order valence-electron chi connectivity index (χ2n) is 8.65. The predicted octanol–water partition coefficient (Wildman–Crippen LogP) is 3.31. The summed E-state index contributed by atoms with van der Waals surface area (Å²) in [6.07, 6.45) is 0.754. The summed E-state index contributed by atoms with van der Waals surface area (Å²) in [5, 5.41) is 6.12. The summed E-state index contributed by atoms with van der Waals surface area (Å²) < 4.78 is 24.6. The van der Waals surface area contributed by atoms with Crippen LogP contribution < -0.4 is 20.1 Å². The minimum absolute atomic E-state index is 0.0333. The number of carbonyl (C=O) groups is 3. The van der Waals surface area contributed by atoms with Crippen LogP contribution in [0.1, 0.15) is 29.6 Å². The molecule has 1 atom stereocenters. The Morgan fingerprint density at radius 2 is 1.97 bits per heavy atom. The number of benzene rings is 2. The number of nitrogens with one attached hydrogen (secondary N) is 2. The summed E-state index contributed by atoms with van der Waals surface area (Å²) >= 11 is 11.6. The molecule has 172 valence electrons. The van der Waals surface area contributed by atoms with E-state index in [0.717, 1.165) is 6.07 Å². The number of hydrogen-bond donors (Lipinski definition) is 2. The lowest BCUT2D eigenvalue weighted by Crippen LogP contribution is -2.41. The Hall–Kier alpha value is -2.84. The van der Waals surface area contributed by atoms with Gasteiger partial charge in [0.2, 0.25) is 5.91 Å². The molecular weight excluding hydrogens is 474 g/mol. The molecule has 0 saturated heterocycles. The van der Waals surface area contributed by atoms with Crippen molar-refractivity contribution in [2.24, 2.45) is 5.41 Å². The smallest absolute Gasteiger partial charge is 0.258 e. The van der Waals surface area contributed by atoms with Gasteiger partial charge in [-0.2, -0.15) is 0 Å². The van der Waals surface area contributed by atoms with Gasteiger partial charge in [-0.15, -0.1) is 0 Å². The molecule has 2 fully saturated rings. The summed E-state index contributed by atoms with van der Waals surface area (Å²) in [7, 11) is 0. The van der Waals surface area contributed by atoms with Crippen LogP contribution in [0.3, 0.4) is 0 Å². The van der Waals surface area contributed by atoms with Crippen LogP contribution >= 0.6 is 23.2 Å². The van der Waals surface area contributed by atoms with Crippen molar-refractivity contribution in [2.45, 2.75) is 30.9 Å². The zero-order chi connectivity index (χ0) is 23.4. The standard InChI is InChI=1S/C23H19Cl2FN2O5/c24-12-1-4-19-15(5-12)18(29)7-14(33-19)8-27-21(31)22-10-23(22,11-22)28-20(30)9-32-13-2-3-16(25)17(26)6-13/h1-6,14H,7-11H2,(H,27,31)(H,28,30). The van der Waals surface area contributed by atoms with Gasteiger partial charge in [0.1, 0.15) is 23.4 Å². The van der Waals surface area contributed by atoms with Gasteiger partial charge in [-0.05, 0) is 43.2 Å². The summed E-state index contributed by atoms with van der Waals surface area (Å²) in [6, 6.07) is 8.78. The second-order valence-corrected chi connectivity index (χ2v) is 9.49. The monoisotopic (exact) mass is 492 g/mol. The molecule has 33 heavy (non-hydrogen) atoms. The lowest BCUT2D eigenvalue weighted by molar-refractivity contribution is -0.124. The van der Waals surface area contributed by atoms with E-state index < -0.39 is 28.8 Å².